The van der Waals surface area contributed by atoms with Crippen molar-refractivity contribution < 1.29 is 9.47 Å². The van der Waals surface area contributed by atoms with Gasteiger partial charge in [-0.05, 0) is 31.2 Å². The highest BCUT2D eigenvalue weighted by Gasteiger charge is 2.43. The Bertz CT molecular complexity index is 1220. The number of halogens is 2. The first-order valence-electron chi connectivity index (χ1n) is 10.9. The largest absolute Gasteiger partial charge is 0.489 e. The van der Waals surface area contributed by atoms with E-state index in [0.29, 0.717) is 46.3 Å². The molecule has 10 heteroatoms. The van der Waals surface area contributed by atoms with E-state index in [1.165, 1.54) is 0 Å². The summed E-state index contributed by atoms with van der Waals surface area (Å²) in [7, 11) is 0. The van der Waals surface area contributed by atoms with E-state index in [2.05, 4.69) is 31.2 Å². The third-order valence-electron chi connectivity index (χ3n) is 6.16. The van der Waals surface area contributed by atoms with Crippen LogP contribution in [-0.2, 0) is 4.74 Å². The van der Waals surface area contributed by atoms with Crippen molar-refractivity contribution in [1.82, 2.24) is 15.0 Å². The van der Waals surface area contributed by atoms with Crippen molar-refractivity contribution in [2.75, 3.05) is 36.5 Å². The maximum Gasteiger partial charge on any atom is 0.225 e. The van der Waals surface area contributed by atoms with Gasteiger partial charge in [0.25, 0.3) is 0 Å². The minimum Gasteiger partial charge on any atom is -0.489 e. The van der Waals surface area contributed by atoms with Gasteiger partial charge in [0.15, 0.2) is 0 Å². The Morgan fingerprint density at radius 3 is 2.53 bits per heavy atom. The van der Waals surface area contributed by atoms with Gasteiger partial charge in [-0.1, -0.05) is 23.2 Å². The highest BCUT2D eigenvalue weighted by Crippen LogP contribution is 2.36. The molecule has 0 saturated carbocycles. The number of rotatable bonds is 5. The number of benzene rings is 1. The number of ether oxygens (including phenoxy) is 2. The van der Waals surface area contributed by atoms with Crippen LogP contribution in [0.3, 0.4) is 0 Å². The number of hydrogen-bond donors (Lipinski definition) is 1. The second-order valence-electron chi connectivity index (χ2n) is 8.46. The molecule has 5 rings (SSSR count). The molecule has 2 saturated heterocycles. The predicted octanol–water partition coefficient (Wildman–Crippen LogP) is 4.63. The summed E-state index contributed by atoms with van der Waals surface area (Å²) >= 11 is 12.3. The summed E-state index contributed by atoms with van der Waals surface area (Å²) in [5, 5.41) is 13.3. The Morgan fingerprint density at radius 2 is 1.85 bits per heavy atom. The summed E-state index contributed by atoms with van der Waals surface area (Å²) in [6.07, 6.45) is 4.96. The van der Waals surface area contributed by atoms with Crippen molar-refractivity contribution in [2.45, 2.75) is 13.0 Å². The molecule has 34 heavy (non-hydrogen) atoms. The Morgan fingerprint density at radius 1 is 1.12 bits per heavy atom. The van der Waals surface area contributed by atoms with Crippen LogP contribution in [0.15, 0.2) is 42.9 Å². The number of nitriles is 1. The fourth-order valence-corrected chi connectivity index (χ4v) is 4.78. The highest BCUT2D eigenvalue weighted by molar-refractivity contribution is 6.33. The molecule has 4 heterocycles. The van der Waals surface area contributed by atoms with Gasteiger partial charge < -0.3 is 19.7 Å². The molecular formula is C24H22Cl2N6O2. The molecule has 2 aliphatic rings. The first kappa shape index (κ1) is 22.7. The Balaban J connectivity index is 1.33. The van der Waals surface area contributed by atoms with E-state index in [-0.39, 0.29) is 17.9 Å². The molecule has 0 radical (unpaired) electrons. The quantitative estimate of drug-likeness (QED) is 0.545. The zero-order valence-corrected chi connectivity index (χ0v) is 19.9. The lowest BCUT2D eigenvalue weighted by Gasteiger charge is -2.46. The van der Waals surface area contributed by atoms with Crippen molar-refractivity contribution >= 4 is 40.7 Å². The van der Waals surface area contributed by atoms with Gasteiger partial charge in [0.05, 0.1) is 53.0 Å². The van der Waals surface area contributed by atoms with Gasteiger partial charge in [-0.3, -0.25) is 0 Å². The first-order valence-corrected chi connectivity index (χ1v) is 11.7. The SMILES string of the molecule is Cc1c(OC2C3COCC2CN(c2ncc(Cl)cn2)C3)ccnc1Nc1ccc(C#N)cc1Cl. The summed E-state index contributed by atoms with van der Waals surface area (Å²) < 4.78 is 12.4. The van der Waals surface area contributed by atoms with Gasteiger partial charge in [0.1, 0.15) is 17.7 Å². The summed E-state index contributed by atoms with van der Waals surface area (Å²) in [6, 6.07) is 9.07. The van der Waals surface area contributed by atoms with Crippen molar-refractivity contribution in [3.63, 3.8) is 0 Å². The number of pyridine rings is 1. The van der Waals surface area contributed by atoms with E-state index >= 15 is 0 Å². The molecule has 3 aromatic rings. The van der Waals surface area contributed by atoms with Gasteiger partial charge in [0, 0.05) is 36.7 Å². The third kappa shape index (κ3) is 4.60. The molecule has 1 aromatic carbocycles. The second-order valence-corrected chi connectivity index (χ2v) is 9.30. The fraction of sp³-hybridized carbons (Fsp3) is 0.333. The summed E-state index contributed by atoms with van der Waals surface area (Å²) in [4.78, 5) is 15.4. The Hall–Kier alpha value is -3.12. The molecule has 2 bridgehead atoms. The molecule has 2 aromatic heterocycles. The molecule has 8 nitrogen and oxygen atoms in total. The number of fused-ring (bicyclic) bond motifs is 2. The van der Waals surface area contributed by atoms with Crippen LogP contribution in [0.2, 0.25) is 10.0 Å². The van der Waals surface area contributed by atoms with Gasteiger partial charge in [-0.2, -0.15) is 5.26 Å². The normalized spacial score (nSPS) is 21.6. The second kappa shape index (κ2) is 9.63. The van der Waals surface area contributed by atoms with Crippen LogP contribution >= 0.6 is 23.2 Å². The van der Waals surface area contributed by atoms with E-state index in [1.807, 2.05) is 13.0 Å². The average molecular weight is 497 g/mol. The van der Waals surface area contributed by atoms with Gasteiger partial charge in [-0.15, -0.1) is 0 Å². The minimum atomic E-state index is 0.00440. The average Bonchev–Trinajstić information content (AvgIpc) is 2.83. The predicted molar refractivity (Wildman–Crippen MR) is 130 cm³/mol. The van der Waals surface area contributed by atoms with Crippen LogP contribution in [0.25, 0.3) is 0 Å². The molecule has 2 atom stereocenters. The minimum absolute atomic E-state index is 0.00440. The molecule has 2 unspecified atom stereocenters. The van der Waals surface area contributed by atoms with E-state index in [1.54, 1.807) is 36.8 Å². The van der Waals surface area contributed by atoms with E-state index in [0.717, 1.165) is 24.4 Å². The van der Waals surface area contributed by atoms with Crippen LogP contribution < -0.4 is 15.0 Å². The van der Waals surface area contributed by atoms with E-state index in [4.69, 9.17) is 37.9 Å². The summed E-state index contributed by atoms with van der Waals surface area (Å²) in [5.74, 6) is 2.43. The zero-order chi connectivity index (χ0) is 23.7. The lowest BCUT2D eigenvalue weighted by molar-refractivity contribution is -0.0757. The van der Waals surface area contributed by atoms with Crippen molar-refractivity contribution in [2.24, 2.45) is 11.8 Å². The van der Waals surface area contributed by atoms with Crippen molar-refractivity contribution in [1.29, 1.82) is 5.26 Å². The van der Waals surface area contributed by atoms with Crippen LogP contribution in [0, 0.1) is 30.1 Å². The molecule has 174 valence electrons. The van der Waals surface area contributed by atoms with E-state index < -0.39 is 0 Å². The van der Waals surface area contributed by atoms with Crippen molar-refractivity contribution in [3.8, 4) is 11.8 Å². The topological polar surface area (TPSA) is 96.2 Å². The molecule has 2 aliphatic heterocycles. The first-order chi connectivity index (χ1) is 16.5. The van der Waals surface area contributed by atoms with Gasteiger partial charge in [-0.25, -0.2) is 15.0 Å². The summed E-state index contributed by atoms with van der Waals surface area (Å²) in [6.45, 7) is 4.66. The van der Waals surface area contributed by atoms with Crippen LogP contribution in [0.1, 0.15) is 11.1 Å². The highest BCUT2D eigenvalue weighted by atomic mass is 35.5. The van der Waals surface area contributed by atoms with Crippen LogP contribution in [-0.4, -0.2) is 47.4 Å². The smallest absolute Gasteiger partial charge is 0.225 e. The zero-order valence-electron chi connectivity index (χ0n) is 18.4. The number of aromatic nitrogens is 3. The molecule has 2 fully saturated rings. The van der Waals surface area contributed by atoms with Crippen LogP contribution in [0.5, 0.6) is 5.75 Å². The summed E-state index contributed by atoms with van der Waals surface area (Å²) in [5.41, 5.74) is 2.06. The lowest BCUT2D eigenvalue weighted by atomic mass is 9.84. The maximum absolute atomic E-state index is 9.06. The third-order valence-corrected chi connectivity index (χ3v) is 6.67. The van der Waals surface area contributed by atoms with Gasteiger partial charge >= 0.3 is 0 Å². The Labute approximate surface area is 207 Å². The number of anilines is 3. The number of nitrogens with one attached hydrogen (secondary N) is 1. The molecule has 0 spiro atoms. The Kier molecular flexibility index (Phi) is 6.42. The van der Waals surface area contributed by atoms with E-state index in [9.17, 15) is 0 Å². The number of hydrogen-bond acceptors (Lipinski definition) is 8. The number of nitrogens with zero attached hydrogens (tertiary/aromatic N) is 5. The van der Waals surface area contributed by atoms with Crippen LogP contribution in [0.4, 0.5) is 17.5 Å². The van der Waals surface area contributed by atoms with Gasteiger partial charge in [0.2, 0.25) is 5.95 Å². The molecular weight excluding hydrogens is 475 g/mol. The maximum atomic E-state index is 9.06. The fourth-order valence-electron chi connectivity index (χ4n) is 4.46. The standard InChI is InChI=1S/C24H22Cl2N6O2/c1-14-21(4-5-28-23(14)31-20-3-2-15(7-27)6-19(20)26)34-22-16-10-32(11-17(22)13-33-12-16)24-29-8-18(25)9-30-24/h2-6,8-9,16-17,22H,10-13H2,1H3,(H,28,31). The molecule has 0 amide bonds. The number of piperidine rings is 1. The monoisotopic (exact) mass is 496 g/mol. The van der Waals surface area contributed by atoms with Crippen molar-refractivity contribution in [3.05, 3.63) is 64.0 Å². The molecule has 1 N–H and O–H groups in total. The lowest BCUT2D eigenvalue weighted by Crippen LogP contribution is -2.58. The molecule has 0 aliphatic carbocycles.